The highest BCUT2D eigenvalue weighted by Crippen LogP contribution is 2.30. The van der Waals surface area contributed by atoms with E-state index in [0.717, 1.165) is 25.7 Å². The number of carboxylic acid groups (broad SMARTS) is 1. The number of ether oxygens (including phenoxy) is 1. The molecule has 6 heteroatoms. The Hall–Kier alpha value is -1.30. The van der Waals surface area contributed by atoms with Gasteiger partial charge in [-0.1, -0.05) is 6.42 Å². The van der Waals surface area contributed by atoms with E-state index >= 15 is 0 Å². The second-order valence-corrected chi connectivity index (χ2v) is 7.46. The number of amides is 1. The van der Waals surface area contributed by atoms with Crippen LogP contribution in [-0.4, -0.2) is 40.9 Å². The summed E-state index contributed by atoms with van der Waals surface area (Å²) in [5.74, 6) is -0.775. The van der Waals surface area contributed by atoms with Gasteiger partial charge < -0.3 is 20.5 Å². The molecule has 0 spiro atoms. The van der Waals surface area contributed by atoms with E-state index in [9.17, 15) is 9.59 Å². The monoisotopic (exact) mass is 314 g/mol. The highest BCUT2D eigenvalue weighted by atomic mass is 16.6. The van der Waals surface area contributed by atoms with Crippen molar-refractivity contribution in [1.29, 1.82) is 0 Å². The number of hydrogen-bond acceptors (Lipinski definition) is 4. The van der Waals surface area contributed by atoms with E-state index in [1.807, 2.05) is 0 Å². The van der Waals surface area contributed by atoms with Gasteiger partial charge in [-0.05, 0) is 40.5 Å². The van der Waals surface area contributed by atoms with E-state index < -0.39 is 5.97 Å². The van der Waals surface area contributed by atoms with Gasteiger partial charge in [-0.3, -0.25) is 4.79 Å². The van der Waals surface area contributed by atoms with E-state index in [2.05, 4.69) is 38.3 Å². The molecular weight excluding hydrogens is 284 g/mol. The summed E-state index contributed by atoms with van der Waals surface area (Å²) in [6.45, 7) is 8.99. The summed E-state index contributed by atoms with van der Waals surface area (Å²) < 4.78 is 5.52. The smallest absolute Gasteiger partial charge is 0.407 e. The highest BCUT2D eigenvalue weighted by molar-refractivity contribution is 5.67. The van der Waals surface area contributed by atoms with Crippen molar-refractivity contribution in [3.05, 3.63) is 0 Å². The van der Waals surface area contributed by atoms with Crippen molar-refractivity contribution in [3.8, 4) is 0 Å². The normalized spacial score (nSPS) is 20.4. The summed E-state index contributed by atoms with van der Waals surface area (Å²) in [7, 11) is 0. The molecule has 1 aliphatic rings. The third-order valence-corrected chi connectivity index (χ3v) is 3.76. The zero-order valence-corrected chi connectivity index (χ0v) is 14.2. The first-order valence-corrected chi connectivity index (χ1v) is 8.05. The van der Waals surface area contributed by atoms with Crippen molar-refractivity contribution in [2.75, 3.05) is 6.54 Å². The molecule has 1 heterocycles. The standard InChI is InChI=1S/C16H30N2O4/c1-15(2)10-12(11-16(3,4)18-15)22-14(21)17-9-7-5-6-8-13(19)20/h12,18H,5-11H2,1-4H3,(H,17,21)(H,19,20). The lowest BCUT2D eigenvalue weighted by atomic mass is 9.81. The minimum Gasteiger partial charge on any atom is -0.481 e. The van der Waals surface area contributed by atoms with Crippen molar-refractivity contribution in [3.63, 3.8) is 0 Å². The van der Waals surface area contributed by atoms with Crippen LogP contribution in [0.15, 0.2) is 0 Å². The van der Waals surface area contributed by atoms with E-state index in [-0.39, 0.29) is 29.7 Å². The molecule has 0 radical (unpaired) electrons. The van der Waals surface area contributed by atoms with Crippen LogP contribution in [0.3, 0.4) is 0 Å². The number of carbonyl (C=O) groups is 2. The number of piperidine rings is 1. The molecule has 0 aromatic heterocycles. The molecule has 0 bridgehead atoms. The molecule has 1 fully saturated rings. The van der Waals surface area contributed by atoms with E-state index in [4.69, 9.17) is 9.84 Å². The average molecular weight is 314 g/mol. The van der Waals surface area contributed by atoms with Gasteiger partial charge in [-0.25, -0.2) is 4.79 Å². The number of hydrogen-bond donors (Lipinski definition) is 3. The van der Waals surface area contributed by atoms with Gasteiger partial charge in [0, 0.05) is 36.9 Å². The number of carbonyl (C=O) groups excluding carboxylic acids is 1. The van der Waals surface area contributed by atoms with Crippen molar-refractivity contribution in [2.24, 2.45) is 0 Å². The molecule has 128 valence electrons. The summed E-state index contributed by atoms with van der Waals surface area (Å²) in [5.41, 5.74) is -0.104. The first-order valence-electron chi connectivity index (χ1n) is 8.05. The first-order chi connectivity index (χ1) is 10.1. The summed E-state index contributed by atoms with van der Waals surface area (Å²) in [6, 6.07) is 0. The van der Waals surface area contributed by atoms with Gasteiger partial charge in [0.2, 0.25) is 0 Å². The van der Waals surface area contributed by atoms with Gasteiger partial charge in [0.15, 0.2) is 0 Å². The lowest BCUT2D eigenvalue weighted by Gasteiger charge is -2.45. The van der Waals surface area contributed by atoms with Crippen LogP contribution in [0.2, 0.25) is 0 Å². The Morgan fingerprint density at radius 2 is 1.73 bits per heavy atom. The molecule has 0 atom stereocenters. The molecule has 0 saturated carbocycles. The van der Waals surface area contributed by atoms with Crippen LogP contribution in [0, 0.1) is 0 Å². The highest BCUT2D eigenvalue weighted by Gasteiger charge is 2.39. The van der Waals surface area contributed by atoms with Crippen LogP contribution in [0.25, 0.3) is 0 Å². The molecule has 0 aromatic carbocycles. The summed E-state index contributed by atoms with van der Waals surface area (Å²) in [6.07, 6.45) is 3.51. The minimum atomic E-state index is -0.775. The van der Waals surface area contributed by atoms with Crippen LogP contribution < -0.4 is 10.6 Å². The number of carboxylic acids is 1. The maximum Gasteiger partial charge on any atom is 0.407 e. The van der Waals surface area contributed by atoms with Crippen molar-refractivity contribution in [1.82, 2.24) is 10.6 Å². The molecule has 1 amide bonds. The largest absolute Gasteiger partial charge is 0.481 e. The number of alkyl carbamates (subject to hydrolysis) is 1. The number of rotatable bonds is 7. The fraction of sp³-hybridized carbons (Fsp3) is 0.875. The van der Waals surface area contributed by atoms with Crippen molar-refractivity contribution >= 4 is 12.1 Å². The molecule has 1 rings (SSSR count). The first kappa shape index (κ1) is 18.7. The predicted octanol–water partition coefficient (Wildman–Crippen LogP) is 2.67. The molecule has 0 aromatic rings. The van der Waals surface area contributed by atoms with Gasteiger partial charge in [-0.2, -0.15) is 0 Å². The summed E-state index contributed by atoms with van der Waals surface area (Å²) in [5, 5.41) is 14.8. The van der Waals surface area contributed by atoms with E-state index in [1.165, 1.54) is 0 Å². The van der Waals surface area contributed by atoms with Crippen LogP contribution >= 0.6 is 0 Å². The summed E-state index contributed by atoms with van der Waals surface area (Å²) >= 11 is 0. The Labute approximate surface area is 133 Å². The number of aliphatic carboxylic acids is 1. The zero-order chi connectivity index (χ0) is 16.8. The predicted molar refractivity (Wildman–Crippen MR) is 84.9 cm³/mol. The maximum atomic E-state index is 11.8. The SMILES string of the molecule is CC1(C)CC(OC(=O)NCCCCCC(=O)O)CC(C)(C)N1. The lowest BCUT2D eigenvalue weighted by molar-refractivity contribution is -0.137. The third kappa shape index (κ3) is 7.64. The molecule has 0 aliphatic carbocycles. The molecule has 22 heavy (non-hydrogen) atoms. The Morgan fingerprint density at radius 3 is 2.27 bits per heavy atom. The summed E-state index contributed by atoms with van der Waals surface area (Å²) in [4.78, 5) is 22.2. The van der Waals surface area contributed by atoms with Gasteiger partial charge >= 0.3 is 12.1 Å². The molecule has 6 nitrogen and oxygen atoms in total. The number of nitrogens with one attached hydrogen (secondary N) is 2. The van der Waals surface area contributed by atoms with Crippen LogP contribution in [0.1, 0.15) is 66.2 Å². The van der Waals surface area contributed by atoms with E-state index in [1.54, 1.807) is 0 Å². The van der Waals surface area contributed by atoms with Gasteiger partial charge in [0.1, 0.15) is 6.10 Å². The second-order valence-electron chi connectivity index (χ2n) is 7.46. The molecule has 1 aliphatic heterocycles. The molecule has 3 N–H and O–H groups in total. The van der Waals surface area contributed by atoms with Gasteiger partial charge in [0.05, 0.1) is 0 Å². The Kier molecular flexibility index (Phi) is 6.66. The average Bonchev–Trinajstić information content (AvgIpc) is 2.28. The lowest BCUT2D eigenvalue weighted by Crippen LogP contribution is -2.60. The molecule has 0 unspecified atom stereocenters. The van der Waals surface area contributed by atoms with Crippen LogP contribution in [0.4, 0.5) is 4.79 Å². The van der Waals surface area contributed by atoms with Gasteiger partial charge in [0.25, 0.3) is 0 Å². The van der Waals surface area contributed by atoms with Crippen LogP contribution in [0.5, 0.6) is 0 Å². The topological polar surface area (TPSA) is 87.7 Å². The van der Waals surface area contributed by atoms with E-state index in [0.29, 0.717) is 13.0 Å². The van der Waals surface area contributed by atoms with Gasteiger partial charge in [-0.15, -0.1) is 0 Å². The third-order valence-electron chi connectivity index (χ3n) is 3.76. The van der Waals surface area contributed by atoms with Crippen molar-refractivity contribution in [2.45, 2.75) is 83.4 Å². The van der Waals surface area contributed by atoms with Crippen molar-refractivity contribution < 1.29 is 19.4 Å². The quantitative estimate of drug-likeness (QED) is 0.629. The Bertz CT molecular complexity index is 378. The zero-order valence-electron chi connectivity index (χ0n) is 14.2. The minimum absolute atomic E-state index is 0.0521. The Morgan fingerprint density at radius 1 is 1.14 bits per heavy atom. The molecular formula is C16H30N2O4. The number of unbranched alkanes of at least 4 members (excludes halogenated alkanes) is 2. The molecule has 1 saturated heterocycles. The fourth-order valence-electron chi connectivity index (χ4n) is 3.27. The maximum absolute atomic E-state index is 11.8. The second kappa shape index (κ2) is 7.81. The Balaban J connectivity index is 2.23. The van der Waals surface area contributed by atoms with Crippen LogP contribution in [-0.2, 0) is 9.53 Å². The fourth-order valence-corrected chi connectivity index (χ4v) is 3.27.